The molecule has 0 amide bonds. The number of halogens is 2. The molecule has 0 bridgehead atoms. The Labute approximate surface area is 172 Å². The number of rotatable bonds is 12. The van der Waals surface area contributed by atoms with Crippen molar-refractivity contribution >= 4 is 0 Å². The number of unbranched alkanes of at least 4 members (excludes halogenated alkanes) is 1. The van der Waals surface area contributed by atoms with Crippen molar-refractivity contribution in [2.75, 3.05) is 33.9 Å². The van der Waals surface area contributed by atoms with Crippen LogP contribution in [0.1, 0.15) is 49.9 Å². The van der Waals surface area contributed by atoms with Crippen LogP contribution in [0, 0.1) is 6.92 Å². The number of hydrogen-bond donors (Lipinski definition) is 1. The van der Waals surface area contributed by atoms with E-state index in [2.05, 4.69) is 22.0 Å². The number of aromatic nitrogens is 2. The van der Waals surface area contributed by atoms with Crippen molar-refractivity contribution in [3.05, 3.63) is 35.2 Å². The van der Waals surface area contributed by atoms with E-state index in [4.69, 9.17) is 9.47 Å². The highest BCUT2D eigenvalue weighted by molar-refractivity contribution is 5.72. The molecule has 0 radical (unpaired) electrons. The van der Waals surface area contributed by atoms with Crippen molar-refractivity contribution in [3.8, 4) is 16.9 Å². The number of nitrogens with zero attached hydrogens (tertiary/aromatic N) is 2. The van der Waals surface area contributed by atoms with Gasteiger partial charge in [0.25, 0.3) is 5.92 Å². The van der Waals surface area contributed by atoms with Crippen molar-refractivity contribution in [1.29, 1.82) is 0 Å². The van der Waals surface area contributed by atoms with Crippen molar-refractivity contribution in [3.63, 3.8) is 0 Å². The van der Waals surface area contributed by atoms with Crippen LogP contribution in [0.15, 0.2) is 18.3 Å². The van der Waals surface area contributed by atoms with Crippen LogP contribution >= 0.6 is 0 Å². The van der Waals surface area contributed by atoms with Crippen molar-refractivity contribution < 1.29 is 18.3 Å². The number of nitrogens with one attached hydrogen (secondary N) is 1. The first kappa shape index (κ1) is 23.3. The van der Waals surface area contributed by atoms with E-state index >= 15 is 0 Å². The van der Waals surface area contributed by atoms with Gasteiger partial charge in [-0.1, -0.05) is 13.3 Å². The molecule has 1 aromatic heterocycles. The summed E-state index contributed by atoms with van der Waals surface area (Å²) in [6, 6.07) is 3.27. The van der Waals surface area contributed by atoms with Crippen molar-refractivity contribution in [2.45, 2.75) is 52.5 Å². The lowest BCUT2D eigenvalue weighted by Gasteiger charge is -2.20. The van der Waals surface area contributed by atoms with E-state index in [1.54, 1.807) is 20.2 Å². The van der Waals surface area contributed by atoms with Gasteiger partial charge < -0.3 is 14.4 Å². The van der Waals surface area contributed by atoms with Crippen LogP contribution in [-0.4, -0.2) is 49.0 Å². The number of methoxy groups -OCH3 is 1. The van der Waals surface area contributed by atoms with Crippen LogP contribution in [0.5, 0.6) is 5.75 Å². The molecule has 1 aromatic carbocycles. The van der Waals surface area contributed by atoms with E-state index in [0.717, 1.165) is 43.1 Å². The number of alkyl halides is 2. The molecule has 5 nitrogen and oxygen atoms in total. The summed E-state index contributed by atoms with van der Waals surface area (Å²) >= 11 is 0. The number of benzene rings is 1. The highest BCUT2D eigenvalue weighted by Crippen LogP contribution is 2.39. The second-order valence-corrected chi connectivity index (χ2v) is 7.58. The summed E-state index contributed by atoms with van der Waals surface area (Å²) in [5.41, 5.74) is 2.98. The van der Waals surface area contributed by atoms with E-state index in [-0.39, 0.29) is 5.56 Å². The van der Waals surface area contributed by atoms with Gasteiger partial charge in [-0.2, -0.15) is 5.10 Å². The van der Waals surface area contributed by atoms with Crippen LogP contribution in [0.4, 0.5) is 8.78 Å². The first-order valence-corrected chi connectivity index (χ1v) is 10.1. The van der Waals surface area contributed by atoms with E-state index in [1.165, 1.54) is 6.07 Å². The van der Waals surface area contributed by atoms with Gasteiger partial charge in [-0.05, 0) is 50.2 Å². The maximum absolute atomic E-state index is 14.3. The second kappa shape index (κ2) is 10.7. The monoisotopic (exact) mass is 409 g/mol. The molecule has 1 N–H and O–H groups in total. The van der Waals surface area contributed by atoms with Crippen LogP contribution in [0.2, 0.25) is 0 Å². The Hall–Kier alpha value is -1.99. The third kappa shape index (κ3) is 6.51. The Balaban J connectivity index is 2.37. The highest BCUT2D eigenvalue weighted by atomic mass is 19.3. The van der Waals surface area contributed by atoms with E-state index in [0.29, 0.717) is 37.5 Å². The van der Waals surface area contributed by atoms with Gasteiger partial charge in [-0.3, -0.25) is 5.10 Å². The number of hydrogen-bond acceptors (Lipinski definition) is 4. The Morgan fingerprint density at radius 1 is 1.17 bits per heavy atom. The van der Waals surface area contributed by atoms with Gasteiger partial charge in [0, 0.05) is 44.7 Å². The van der Waals surface area contributed by atoms with Gasteiger partial charge in [0.1, 0.15) is 5.75 Å². The predicted molar refractivity (Wildman–Crippen MR) is 112 cm³/mol. The van der Waals surface area contributed by atoms with Crippen molar-refractivity contribution in [2.24, 2.45) is 0 Å². The van der Waals surface area contributed by atoms with Crippen LogP contribution in [0.3, 0.4) is 0 Å². The summed E-state index contributed by atoms with van der Waals surface area (Å²) in [4.78, 5) is 2.20. The van der Waals surface area contributed by atoms with Crippen molar-refractivity contribution in [1.82, 2.24) is 15.1 Å². The van der Waals surface area contributed by atoms with Crippen LogP contribution in [-0.2, 0) is 17.2 Å². The number of aromatic amines is 1. The Kier molecular flexibility index (Phi) is 8.59. The molecular formula is C22H33F2N3O2. The van der Waals surface area contributed by atoms with Crippen LogP contribution in [0.25, 0.3) is 11.1 Å². The fraction of sp³-hybridized carbons (Fsp3) is 0.591. The molecule has 2 rings (SSSR count). The summed E-state index contributed by atoms with van der Waals surface area (Å²) in [5, 5.41) is 7.22. The van der Waals surface area contributed by atoms with Gasteiger partial charge in [0.15, 0.2) is 0 Å². The van der Waals surface area contributed by atoms with E-state index in [1.807, 2.05) is 13.1 Å². The third-order valence-electron chi connectivity index (χ3n) is 4.95. The molecule has 0 atom stereocenters. The maximum atomic E-state index is 14.3. The fourth-order valence-corrected chi connectivity index (χ4v) is 3.34. The van der Waals surface area contributed by atoms with Gasteiger partial charge in [-0.15, -0.1) is 0 Å². The van der Waals surface area contributed by atoms with E-state index in [9.17, 15) is 8.78 Å². The lowest BCUT2D eigenvalue weighted by atomic mass is 9.93. The Morgan fingerprint density at radius 3 is 2.59 bits per heavy atom. The topological polar surface area (TPSA) is 50.4 Å². The zero-order valence-corrected chi connectivity index (χ0v) is 18.1. The summed E-state index contributed by atoms with van der Waals surface area (Å²) in [6.45, 7) is 7.41. The molecule has 2 aromatic rings. The molecule has 0 saturated carbocycles. The normalized spacial score (nSPS) is 12.0. The fourth-order valence-electron chi connectivity index (χ4n) is 3.34. The van der Waals surface area contributed by atoms with Gasteiger partial charge in [-0.25, -0.2) is 8.78 Å². The van der Waals surface area contributed by atoms with E-state index < -0.39 is 5.92 Å². The average Bonchev–Trinajstić information content (AvgIpc) is 3.11. The lowest BCUT2D eigenvalue weighted by molar-refractivity contribution is 0.0166. The Bertz CT molecular complexity index is 772. The largest absolute Gasteiger partial charge is 0.493 e. The standard InChI is InChI=1S/C22H33F2N3O2/c1-6-7-9-27(4)15-21-19(14-25-26-21)18-12-17(29-11-8-10-28-5)13-20(16(18)2)22(3,23)24/h12-14H,6-11,15H2,1-5H3,(H,25,26). The second-order valence-electron chi connectivity index (χ2n) is 7.58. The quantitative estimate of drug-likeness (QED) is 0.493. The van der Waals surface area contributed by atoms with Gasteiger partial charge in [0.05, 0.1) is 18.5 Å². The minimum absolute atomic E-state index is 0.0248. The molecule has 7 heteroatoms. The molecular weight excluding hydrogens is 376 g/mol. The molecule has 0 aliphatic heterocycles. The molecule has 29 heavy (non-hydrogen) atoms. The molecule has 0 saturated heterocycles. The summed E-state index contributed by atoms with van der Waals surface area (Å²) in [6.07, 6.45) is 4.63. The molecule has 1 heterocycles. The van der Waals surface area contributed by atoms with Gasteiger partial charge >= 0.3 is 0 Å². The summed E-state index contributed by atoms with van der Waals surface area (Å²) in [5.74, 6) is -2.53. The Morgan fingerprint density at radius 2 is 1.93 bits per heavy atom. The molecule has 0 aliphatic carbocycles. The lowest BCUT2D eigenvalue weighted by Crippen LogP contribution is -2.19. The van der Waals surface area contributed by atoms with Crippen LogP contribution < -0.4 is 4.74 Å². The summed E-state index contributed by atoms with van der Waals surface area (Å²) in [7, 11) is 3.67. The maximum Gasteiger partial charge on any atom is 0.270 e. The highest BCUT2D eigenvalue weighted by Gasteiger charge is 2.29. The number of ether oxygens (including phenoxy) is 2. The zero-order chi connectivity index (χ0) is 21.4. The minimum Gasteiger partial charge on any atom is -0.493 e. The smallest absolute Gasteiger partial charge is 0.270 e. The SMILES string of the molecule is CCCCN(C)Cc1[nH]ncc1-c1cc(OCCCOC)cc(C(C)(F)F)c1C. The molecule has 0 fully saturated rings. The first-order chi connectivity index (χ1) is 13.8. The molecule has 0 unspecified atom stereocenters. The number of H-pyrrole nitrogens is 1. The molecule has 162 valence electrons. The molecule has 0 spiro atoms. The van der Waals surface area contributed by atoms with Gasteiger partial charge in [0.2, 0.25) is 0 Å². The third-order valence-corrected chi connectivity index (χ3v) is 4.95. The predicted octanol–water partition coefficient (Wildman–Crippen LogP) is 5.14. The zero-order valence-electron chi connectivity index (χ0n) is 18.1. The first-order valence-electron chi connectivity index (χ1n) is 10.1. The average molecular weight is 410 g/mol. The minimum atomic E-state index is -2.97. The molecule has 0 aliphatic rings. The summed E-state index contributed by atoms with van der Waals surface area (Å²) < 4.78 is 39.4.